The molecule has 0 aromatic heterocycles. The summed E-state index contributed by atoms with van der Waals surface area (Å²) in [5, 5.41) is 31.5. The molecule has 0 aliphatic carbocycles. The highest BCUT2D eigenvalue weighted by atomic mass is 16.3. The second-order valence-electron chi connectivity index (χ2n) is 7.48. The summed E-state index contributed by atoms with van der Waals surface area (Å²) < 4.78 is 0. The Bertz CT molecular complexity index is 298. The molecule has 0 aromatic carbocycles. The highest BCUT2D eigenvalue weighted by molar-refractivity contribution is 4.76. The van der Waals surface area contributed by atoms with Crippen LogP contribution < -0.4 is 5.32 Å². The van der Waals surface area contributed by atoms with Gasteiger partial charge < -0.3 is 25.5 Å². The molecule has 4 N–H and O–H groups in total. The van der Waals surface area contributed by atoms with Gasteiger partial charge in [0.25, 0.3) is 0 Å². The molecule has 0 unspecified atom stereocenters. The summed E-state index contributed by atoms with van der Waals surface area (Å²) in [5.41, 5.74) is -0.123. The highest BCUT2D eigenvalue weighted by Gasteiger charge is 2.22. The van der Waals surface area contributed by atoms with E-state index in [2.05, 4.69) is 33.9 Å². The van der Waals surface area contributed by atoms with Crippen LogP contribution in [0.15, 0.2) is 0 Å². The fraction of sp³-hybridized carbons (Fsp3) is 1.00. The van der Waals surface area contributed by atoms with Crippen molar-refractivity contribution in [2.45, 2.75) is 13.8 Å². The zero-order valence-corrected chi connectivity index (χ0v) is 15.6. The molecule has 1 aliphatic heterocycles. The molecule has 7 heteroatoms. The average Bonchev–Trinajstić information content (AvgIpc) is 2.54. The van der Waals surface area contributed by atoms with Crippen molar-refractivity contribution >= 4 is 0 Å². The minimum absolute atomic E-state index is 0.123. The van der Waals surface area contributed by atoms with Crippen molar-refractivity contribution in [2.24, 2.45) is 5.41 Å². The Hall–Kier alpha value is -0.280. The molecular formula is C17H38N4O3. The molecule has 1 aliphatic rings. The second-order valence-corrected chi connectivity index (χ2v) is 7.48. The summed E-state index contributed by atoms with van der Waals surface area (Å²) in [5.74, 6) is 0. The van der Waals surface area contributed by atoms with E-state index in [0.29, 0.717) is 13.1 Å². The molecule has 1 heterocycles. The first-order chi connectivity index (χ1) is 11.5. The first-order valence-electron chi connectivity index (χ1n) is 9.21. The van der Waals surface area contributed by atoms with E-state index in [4.69, 9.17) is 0 Å². The van der Waals surface area contributed by atoms with E-state index in [-0.39, 0.29) is 25.2 Å². The van der Waals surface area contributed by atoms with Crippen molar-refractivity contribution in [1.82, 2.24) is 20.0 Å². The summed E-state index contributed by atoms with van der Waals surface area (Å²) in [4.78, 5) is 6.98. The van der Waals surface area contributed by atoms with Gasteiger partial charge >= 0.3 is 0 Å². The molecule has 0 atom stereocenters. The Balaban J connectivity index is 2.67. The third-order valence-electron chi connectivity index (χ3n) is 4.59. The lowest BCUT2D eigenvalue weighted by atomic mass is 9.94. The maximum atomic E-state index is 9.58. The molecule has 1 saturated heterocycles. The van der Waals surface area contributed by atoms with Gasteiger partial charge in [-0.2, -0.15) is 0 Å². The van der Waals surface area contributed by atoms with Crippen LogP contribution in [0.25, 0.3) is 0 Å². The van der Waals surface area contributed by atoms with Gasteiger partial charge in [-0.1, -0.05) is 13.8 Å². The van der Waals surface area contributed by atoms with Crippen molar-refractivity contribution in [2.75, 3.05) is 91.8 Å². The van der Waals surface area contributed by atoms with Gasteiger partial charge in [0, 0.05) is 84.0 Å². The summed E-state index contributed by atoms with van der Waals surface area (Å²) in [7, 11) is 0. The van der Waals surface area contributed by atoms with E-state index in [9.17, 15) is 15.3 Å². The minimum atomic E-state index is -0.123. The van der Waals surface area contributed by atoms with E-state index in [1.807, 2.05) is 0 Å². The molecule has 7 nitrogen and oxygen atoms in total. The van der Waals surface area contributed by atoms with Crippen molar-refractivity contribution in [3.8, 4) is 0 Å². The lowest BCUT2D eigenvalue weighted by molar-refractivity contribution is 0.0815. The first-order valence-corrected chi connectivity index (χ1v) is 9.21. The number of rotatable bonds is 7. The number of hydrogen-bond donors (Lipinski definition) is 4. The molecule has 1 fully saturated rings. The molecule has 0 spiro atoms. The Morgan fingerprint density at radius 1 is 0.750 bits per heavy atom. The number of aliphatic hydroxyl groups is 3. The fourth-order valence-electron chi connectivity index (χ4n) is 3.04. The van der Waals surface area contributed by atoms with Gasteiger partial charge in [-0.3, -0.25) is 9.80 Å². The van der Waals surface area contributed by atoms with Crippen molar-refractivity contribution in [3.05, 3.63) is 0 Å². The first kappa shape index (κ1) is 21.8. The molecule has 24 heavy (non-hydrogen) atoms. The van der Waals surface area contributed by atoms with E-state index in [1.54, 1.807) is 0 Å². The Labute approximate surface area is 147 Å². The summed E-state index contributed by atoms with van der Waals surface area (Å²) in [6, 6.07) is 0. The van der Waals surface area contributed by atoms with Crippen LogP contribution in [0.2, 0.25) is 0 Å². The van der Waals surface area contributed by atoms with Crippen LogP contribution in [-0.4, -0.2) is 122 Å². The maximum absolute atomic E-state index is 9.58. The third-order valence-corrected chi connectivity index (χ3v) is 4.59. The molecule has 1 rings (SSSR count). The van der Waals surface area contributed by atoms with Gasteiger partial charge in [-0.05, 0) is 0 Å². The number of nitrogens with zero attached hydrogens (tertiary/aromatic N) is 3. The highest BCUT2D eigenvalue weighted by Crippen LogP contribution is 2.15. The number of aliphatic hydroxyl groups excluding tert-OH is 3. The lowest BCUT2D eigenvalue weighted by Gasteiger charge is -2.35. The molecule has 0 saturated carbocycles. The van der Waals surface area contributed by atoms with Gasteiger partial charge in [0.2, 0.25) is 0 Å². The van der Waals surface area contributed by atoms with Crippen LogP contribution in [0.3, 0.4) is 0 Å². The summed E-state index contributed by atoms with van der Waals surface area (Å²) >= 11 is 0. The molecule has 144 valence electrons. The van der Waals surface area contributed by atoms with Crippen LogP contribution in [0.5, 0.6) is 0 Å². The zero-order chi connectivity index (χ0) is 17.8. The summed E-state index contributed by atoms with van der Waals surface area (Å²) in [6.07, 6.45) is 0. The quantitative estimate of drug-likeness (QED) is 0.447. The van der Waals surface area contributed by atoms with Gasteiger partial charge in [0.1, 0.15) is 0 Å². The van der Waals surface area contributed by atoms with Crippen LogP contribution >= 0.6 is 0 Å². The number of β-amino-alcohol motifs (C(OH)–C–C–N with tert-alkyl or cyclic N) is 2. The van der Waals surface area contributed by atoms with Gasteiger partial charge in [0.05, 0.1) is 13.2 Å². The van der Waals surface area contributed by atoms with Crippen LogP contribution in [0, 0.1) is 5.41 Å². The predicted molar refractivity (Wildman–Crippen MR) is 97.2 cm³/mol. The zero-order valence-electron chi connectivity index (χ0n) is 15.6. The van der Waals surface area contributed by atoms with Crippen LogP contribution in [0.1, 0.15) is 13.8 Å². The molecule has 0 amide bonds. The maximum Gasteiger partial charge on any atom is 0.0558 e. The standard InChI is InChI=1S/C17H38N4O3/c1-17(2,16-24)15-21-9-7-19(11-13-22)5-3-18-4-6-20(8-10-21)12-14-23/h18,22-24H,3-16H2,1-2H3. The second kappa shape index (κ2) is 12.1. The Kier molecular flexibility index (Phi) is 11.0. The monoisotopic (exact) mass is 346 g/mol. The smallest absolute Gasteiger partial charge is 0.0558 e. The SMILES string of the molecule is CC(C)(CO)CN1CCN(CCO)CCNCCN(CCO)CC1. The van der Waals surface area contributed by atoms with E-state index in [0.717, 1.165) is 58.9 Å². The summed E-state index contributed by atoms with van der Waals surface area (Å²) in [6.45, 7) is 14.4. The lowest BCUT2D eigenvalue weighted by Crippen LogP contribution is -2.48. The minimum Gasteiger partial charge on any atom is -0.396 e. The Morgan fingerprint density at radius 2 is 1.21 bits per heavy atom. The third kappa shape index (κ3) is 9.27. The normalized spacial score (nSPS) is 21.4. The van der Waals surface area contributed by atoms with E-state index < -0.39 is 0 Å². The van der Waals surface area contributed by atoms with Crippen molar-refractivity contribution in [1.29, 1.82) is 0 Å². The van der Waals surface area contributed by atoms with Crippen LogP contribution in [-0.2, 0) is 0 Å². The van der Waals surface area contributed by atoms with Crippen LogP contribution in [0.4, 0.5) is 0 Å². The number of hydrogen-bond acceptors (Lipinski definition) is 7. The predicted octanol–water partition coefficient (Wildman–Crippen LogP) is -1.50. The number of nitrogens with one attached hydrogen (secondary N) is 1. The molecule has 0 bridgehead atoms. The van der Waals surface area contributed by atoms with E-state index in [1.165, 1.54) is 0 Å². The van der Waals surface area contributed by atoms with Crippen molar-refractivity contribution in [3.63, 3.8) is 0 Å². The topological polar surface area (TPSA) is 82.4 Å². The molecular weight excluding hydrogens is 308 g/mol. The fourth-order valence-corrected chi connectivity index (χ4v) is 3.04. The van der Waals surface area contributed by atoms with Gasteiger partial charge in [0.15, 0.2) is 0 Å². The van der Waals surface area contributed by atoms with E-state index >= 15 is 0 Å². The van der Waals surface area contributed by atoms with Crippen molar-refractivity contribution < 1.29 is 15.3 Å². The van der Waals surface area contributed by atoms with Gasteiger partial charge in [-0.25, -0.2) is 0 Å². The molecule has 0 radical (unpaired) electrons. The largest absolute Gasteiger partial charge is 0.396 e. The molecule has 0 aromatic rings. The van der Waals surface area contributed by atoms with Gasteiger partial charge in [-0.15, -0.1) is 0 Å². The Morgan fingerprint density at radius 3 is 1.62 bits per heavy atom. The average molecular weight is 347 g/mol.